The Hall–Kier alpha value is -1.13. The van der Waals surface area contributed by atoms with Gasteiger partial charge in [0.05, 0.1) is 12.7 Å². The molecule has 2 N–H and O–H groups in total. The summed E-state index contributed by atoms with van der Waals surface area (Å²) in [4.78, 5) is 11.3. The summed E-state index contributed by atoms with van der Waals surface area (Å²) >= 11 is 0. The Kier molecular flexibility index (Phi) is 5.89. The van der Waals surface area contributed by atoms with Gasteiger partial charge in [-0.3, -0.25) is 4.79 Å². The predicted octanol–water partition coefficient (Wildman–Crippen LogP) is 1.79. The van der Waals surface area contributed by atoms with E-state index in [0.717, 1.165) is 0 Å². The molecule has 0 fully saturated rings. The second-order valence-corrected chi connectivity index (χ2v) is 2.81. The highest BCUT2D eigenvalue weighted by atomic mass is 35.5. The van der Waals surface area contributed by atoms with Crippen LogP contribution in [0.2, 0.25) is 0 Å². The lowest BCUT2D eigenvalue weighted by Gasteiger charge is -2.03. The third-order valence-corrected chi connectivity index (χ3v) is 1.85. The molecule has 0 heterocycles. The first-order valence-corrected chi connectivity index (χ1v) is 4.26. The number of Topliss-reactive ketones (excluding diaryl/α,β-unsaturated/α-hetero) is 1. The highest BCUT2D eigenvalue weighted by Gasteiger charge is 2.11. The predicted molar refractivity (Wildman–Crippen MR) is 58.2 cm³/mol. The van der Waals surface area contributed by atoms with Crippen LogP contribution in [0.25, 0.3) is 0 Å². The van der Waals surface area contributed by atoms with Gasteiger partial charge >= 0.3 is 0 Å². The average Bonchev–Trinajstić information content (AvgIpc) is 2.17. The number of methoxy groups -OCH3 is 1. The molecule has 0 radical (unpaired) electrons. The summed E-state index contributed by atoms with van der Waals surface area (Å²) in [5, 5.41) is 0. The molecular weight excluding hydrogens is 221 g/mol. The summed E-state index contributed by atoms with van der Waals surface area (Å²) in [6.07, 6.45) is 0.156. The van der Waals surface area contributed by atoms with E-state index in [2.05, 4.69) is 0 Å². The maximum atomic E-state index is 13.3. The number of rotatable bonds is 4. The Morgan fingerprint density at radius 3 is 2.67 bits per heavy atom. The molecule has 15 heavy (non-hydrogen) atoms. The lowest BCUT2D eigenvalue weighted by molar-refractivity contribution is 0.0981. The van der Waals surface area contributed by atoms with Crippen molar-refractivity contribution in [1.82, 2.24) is 0 Å². The molecule has 5 heteroatoms. The van der Waals surface area contributed by atoms with E-state index in [4.69, 9.17) is 10.5 Å². The molecule has 0 aliphatic heterocycles. The fourth-order valence-corrected chi connectivity index (χ4v) is 1.11. The average molecular weight is 234 g/mol. The largest absolute Gasteiger partial charge is 0.497 e. The van der Waals surface area contributed by atoms with Crippen LogP contribution >= 0.6 is 12.4 Å². The van der Waals surface area contributed by atoms with Crippen LogP contribution < -0.4 is 10.5 Å². The summed E-state index contributed by atoms with van der Waals surface area (Å²) in [5.74, 6) is -0.456. The van der Waals surface area contributed by atoms with E-state index < -0.39 is 5.82 Å². The van der Waals surface area contributed by atoms with Crippen LogP contribution in [0.3, 0.4) is 0 Å². The van der Waals surface area contributed by atoms with E-state index in [-0.39, 0.29) is 36.7 Å². The highest BCUT2D eigenvalue weighted by molar-refractivity contribution is 5.96. The number of ether oxygens (including phenoxy) is 1. The lowest BCUT2D eigenvalue weighted by Crippen LogP contribution is -2.09. The first kappa shape index (κ1) is 13.9. The van der Waals surface area contributed by atoms with Crippen molar-refractivity contribution in [3.05, 3.63) is 29.6 Å². The molecule has 0 spiro atoms. The molecule has 1 rings (SSSR count). The molecule has 0 unspecified atom stereocenters. The van der Waals surface area contributed by atoms with E-state index >= 15 is 0 Å². The van der Waals surface area contributed by atoms with Gasteiger partial charge in [-0.05, 0) is 18.7 Å². The van der Waals surface area contributed by atoms with Gasteiger partial charge in [-0.25, -0.2) is 4.39 Å². The summed E-state index contributed by atoms with van der Waals surface area (Å²) < 4.78 is 18.1. The minimum atomic E-state index is -0.567. The number of carbonyl (C=O) groups excluding carboxylic acids is 1. The fourth-order valence-electron chi connectivity index (χ4n) is 1.11. The summed E-state index contributed by atoms with van der Waals surface area (Å²) in [6, 6.07) is 4.14. The second-order valence-electron chi connectivity index (χ2n) is 2.81. The molecule has 0 atom stereocenters. The molecule has 0 saturated carbocycles. The van der Waals surface area contributed by atoms with Crippen molar-refractivity contribution in [3.63, 3.8) is 0 Å². The Morgan fingerprint density at radius 2 is 2.20 bits per heavy atom. The zero-order valence-electron chi connectivity index (χ0n) is 8.33. The summed E-state index contributed by atoms with van der Waals surface area (Å²) in [7, 11) is 1.44. The van der Waals surface area contributed by atoms with E-state index in [1.54, 1.807) is 6.07 Å². The number of hydrogen-bond acceptors (Lipinski definition) is 3. The zero-order valence-corrected chi connectivity index (χ0v) is 9.14. The van der Waals surface area contributed by atoms with E-state index in [0.29, 0.717) is 5.75 Å². The molecule has 3 nitrogen and oxygen atoms in total. The Bertz CT molecular complexity index is 344. The first-order valence-electron chi connectivity index (χ1n) is 4.26. The molecule has 84 valence electrons. The molecule has 0 aromatic heterocycles. The topological polar surface area (TPSA) is 52.3 Å². The Morgan fingerprint density at radius 1 is 1.53 bits per heavy atom. The van der Waals surface area contributed by atoms with Crippen LogP contribution in [0.4, 0.5) is 4.39 Å². The molecule has 0 amide bonds. The summed E-state index contributed by atoms with van der Waals surface area (Å²) in [5.41, 5.74) is 5.27. The van der Waals surface area contributed by atoms with Gasteiger partial charge in [0, 0.05) is 12.5 Å². The van der Waals surface area contributed by atoms with Crippen molar-refractivity contribution in [2.24, 2.45) is 5.73 Å². The van der Waals surface area contributed by atoms with E-state index in [9.17, 15) is 9.18 Å². The normalized spacial score (nSPS) is 9.27. The van der Waals surface area contributed by atoms with Crippen LogP contribution in [0, 0.1) is 5.82 Å². The van der Waals surface area contributed by atoms with Crippen molar-refractivity contribution in [1.29, 1.82) is 0 Å². The monoisotopic (exact) mass is 233 g/mol. The third kappa shape index (κ3) is 3.49. The quantitative estimate of drug-likeness (QED) is 0.807. The molecule has 0 bridgehead atoms. The lowest BCUT2D eigenvalue weighted by atomic mass is 10.1. The van der Waals surface area contributed by atoms with Gasteiger partial charge in [-0.15, -0.1) is 12.4 Å². The maximum Gasteiger partial charge on any atom is 0.167 e. The minimum Gasteiger partial charge on any atom is -0.497 e. The molecule has 1 aromatic rings. The standard InChI is InChI=1S/C10H12FNO2.ClH/c1-14-7-2-3-8(9(11)6-7)10(13)4-5-12;/h2-3,6H,4-5,12H2,1H3;1H. The van der Waals surface area contributed by atoms with Crippen molar-refractivity contribution in [2.45, 2.75) is 6.42 Å². The molecule has 1 aromatic carbocycles. The smallest absolute Gasteiger partial charge is 0.167 e. The number of benzene rings is 1. The second kappa shape index (κ2) is 6.37. The molecule has 0 saturated heterocycles. The molecule has 0 aliphatic rings. The van der Waals surface area contributed by atoms with E-state index in [1.165, 1.54) is 19.2 Å². The van der Waals surface area contributed by atoms with Crippen LogP contribution in [-0.4, -0.2) is 19.4 Å². The number of carbonyl (C=O) groups is 1. The van der Waals surface area contributed by atoms with Gasteiger partial charge in [0.2, 0.25) is 0 Å². The Balaban J connectivity index is 0.00000196. The van der Waals surface area contributed by atoms with Gasteiger partial charge < -0.3 is 10.5 Å². The van der Waals surface area contributed by atoms with Crippen LogP contribution in [-0.2, 0) is 0 Å². The van der Waals surface area contributed by atoms with Crippen molar-refractivity contribution >= 4 is 18.2 Å². The molecule has 0 aliphatic carbocycles. The van der Waals surface area contributed by atoms with Crippen LogP contribution in [0.5, 0.6) is 5.75 Å². The SMILES string of the molecule is COc1ccc(C(=O)CCN)c(F)c1.Cl. The first-order chi connectivity index (χ1) is 6.69. The minimum absolute atomic E-state index is 0. The number of halogens is 2. The van der Waals surface area contributed by atoms with Gasteiger partial charge in [-0.1, -0.05) is 0 Å². The fraction of sp³-hybridized carbons (Fsp3) is 0.300. The number of nitrogens with two attached hydrogens (primary N) is 1. The van der Waals surface area contributed by atoms with Crippen molar-refractivity contribution in [2.75, 3.05) is 13.7 Å². The van der Waals surface area contributed by atoms with Gasteiger partial charge in [0.1, 0.15) is 11.6 Å². The van der Waals surface area contributed by atoms with Gasteiger partial charge in [0.15, 0.2) is 5.78 Å². The summed E-state index contributed by atoms with van der Waals surface area (Å²) in [6.45, 7) is 0.226. The van der Waals surface area contributed by atoms with E-state index in [1.807, 2.05) is 0 Å². The number of ketones is 1. The Labute approximate surface area is 93.8 Å². The highest BCUT2D eigenvalue weighted by Crippen LogP contribution is 2.17. The zero-order chi connectivity index (χ0) is 10.6. The van der Waals surface area contributed by atoms with Gasteiger partial charge in [0.25, 0.3) is 0 Å². The van der Waals surface area contributed by atoms with Crippen molar-refractivity contribution in [3.8, 4) is 5.75 Å². The van der Waals surface area contributed by atoms with Crippen molar-refractivity contribution < 1.29 is 13.9 Å². The van der Waals surface area contributed by atoms with Crippen LogP contribution in [0.1, 0.15) is 16.8 Å². The molecular formula is C10H13ClFNO2. The van der Waals surface area contributed by atoms with Crippen LogP contribution in [0.15, 0.2) is 18.2 Å². The van der Waals surface area contributed by atoms with Gasteiger partial charge in [-0.2, -0.15) is 0 Å². The maximum absolute atomic E-state index is 13.3. The third-order valence-electron chi connectivity index (χ3n) is 1.85. The number of hydrogen-bond donors (Lipinski definition) is 1.